The van der Waals surface area contributed by atoms with E-state index in [-0.39, 0.29) is 11.8 Å². The maximum absolute atomic E-state index is 12.9. The molecule has 1 aromatic carbocycles. The van der Waals surface area contributed by atoms with Crippen LogP contribution in [0.5, 0.6) is 0 Å². The van der Waals surface area contributed by atoms with E-state index in [9.17, 15) is 9.59 Å². The van der Waals surface area contributed by atoms with Crippen molar-refractivity contribution >= 4 is 23.3 Å². The van der Waals surface area contributed by atoms with Gasteiger partial charge in [-0.25, -0.2) is 4.79 Å². The molecule has 118 valence electrons. The van der Waals surface area contributed by atoms with Gasteiger partial charge in [-0.2, -0.15) is 0 Å². The van der Waals surface area contributed by atoms with E-state index in [1.165, 1.54) is 0 Å². The van der Waals surface area contributed by atoms with Crippen molar-refractivity contribution in [3.63, 3.8) is 0 Å². The maximum Gasteiger partial charge on any atom is 0.314 e. The summed E-state index contributed by atoms with van der Waals surface area (Å²) in [5.74, 6) is -0.0915. The summed E-state index contributed by atoms with van der Waals surface area (Å²) in [5.41, 5.74) is 14.1. The molecule has 3 amide bonds. The van der Waals surface area contributed by atoms with Gasteiger partial charge in [-0.3, -0.25) is 4.79 Å². The smallest absolute Gasteiger partial charge is 0.314 e. The highest BCUT2D eigenvalue weighted by Crippen LogP contribution is 2.33. The summed E-state index contributed by atoms with van der Waals surface area (Å²) in [6.07, 6.45) is 3.44. The summed E-state index contributed by atoms with van der Waals surface area (Å²) in [7, 11) is 0. The van der Waals surface area contributed by atoms with E-state index in [4.69, 9.17) is 11.5 Å². The van der Waals surface area contributed by atoms with Crippen LogP contribution >= 0.6 is 0 Å². The number of carbonyl (C=O) groups is 2. The van der Waals surface area contributed by atoms with E-state index >= 15 is 0 Å². The number of hydrogen-bond acceptors (Lipinski definition) is 3. The van der Waals surface area contributed by atoms with Crippen LogP contribution < -0.4 is 16.4 Å². The van der Waals surface area contributed by atoms with Crippen LogP contribution in [0.1, 0.15) is 24.8 Å². The van der Waals surface area contributed by atoms with Crippen LogP contribution in [0.15, 0.2) is 18.2 Å². The molecule has 22 heavy (non-hydrogen) atoms. The molecule has 1 saturated heterocycles. The van der Waals surface area contributed by atoms with E-state index < -0.39 is 6.03 Å². The third-order valence-electron chi connectivity index (χ3n) is 4.64. The first-order chi connectivity index (χ1) is 10.6. The fraction of sp³-hybridized carbons (Fsp3) is 0.500. The predicted molar refractivity (Wildman–Crippen MR) is 85.4 cm³/mol. The number of piperidine rings is 1. The molecule has 6 heteroatoms. The first kappa shape index (κ1) is 14.7. The van der Waals surface area contributed by atoms with E-state index in [1.54, 1.807) is 4.90 Å². The normalized spacial score (nSPS) is 21.4. The quantitative estimate of drug-likeness (QED) is 0.767. The number of nitrogens with two attached hydrogens (primary N) is 2. The fourth-order valence-electron chi connectivity index (χ4n) is 3.48. The molecule has 0 aromatic heterocycles. The number of likely N-dealkylation sites (tertiary alicyclic amines) is 1. The summed E-state index contributed by atoms with van der Waals surface area (Å²) in [6, 6.07) is 5.27. The SMILES string of the molecule is NC(=O)N1CCCC(C(=O)N2CCCc3c(N)cccc32)C1. The second-order valence-corrected chi connectivity index (χ2v) is 6.06. The summed E-state index contributed by atoms with van der Waals surface area (Å²) in [6.45, 7) is 1.77. The molecular formula is C16H22N4O2. The number of carbonyl (C=O) groups excluding carboxylic acids is 2. The Morgan fingerprint density at radius 2 is 2.00 bits per heavy atom. The van der Waals surface area contributed by atoms with Gasteiger partial charge in [0, 0.05) is 31.0 Å². The molecule has 1 unspecified atom stereocenters. The van der Waals surface area contributed by atoms with Crippen molar-refractivity contribution in [2.45, 2.75) is 25.7 Å². The van der Waals surface area contributed by atoms with Crippen LogP contribution in [0, 0.1) is 5.92 Å². The third-order valence-corrected chi connectivity index (χ3v) is 4.64. The number of nitrogen functional groups attached to an aromatic ring is 1. The summed E-state index contributed by atoms with van der Waals surface area (Å²) in [4.78, 5) is 27.7. The Kier molecular flexibility index (Phi) is 3.92. The van der Waals surface area contributed by atoms with Crippen LogP contribution in [-0.2, 0) is 11.2 Å². The van der Waals surface area contributed by atoms with Crippen LogP contribution in [0.25, 0.3) is 0 Å². The van der Waals surface area contributed by atoms with Gasteiger partial charge >= 0.3 is 6.03 Å². The molecule has 0 aliphatic carbocycles. The monoisotopic (exact) mass is 302 g/mol. The Morgan fingerprint density at radius 3 is 2.77 bits per heavy atom. The van der Waals surface area contributed by atoms with Gasteiger partial charge < -0.3 is 21.3 Å². The Bertz CT molecular complexity index is 602. The van der Waals surface area contributed by atoms with Crippen molar-refractivity contribution in [2.75, 3.05) is 30.3 Å². The topological polar surface area (TPSA) is 92.7 Å². The second kappa shape index (κ2) is 5.87. The summed E-state index contributed by atoms with van der Waals surface area (Å²) in [5, 5.41) is 0. The number of rotatable bonds is 1. The Hall–Kier alpha value is -2.24. The average Bonchev–Trinajstić information content (AvgIpc) is 2.54. The highest BCUT2D eigenvalue weighted by atomic mass is 16.2. The van der Waals surface area contributed by atoms with Gasteiger partial charge in [0.1, 0.15) is 0 Å². The van der Waals surface area contributed by atoms with Crippen molar-refractivity contribution in [3.8, 4) is 0 Å². The third kappa shape index (κ3) is 2.61. The second-order valence-electron chi connectivity index (χ2n) is 6.06. The minimum Gasteiger partial charge on any atom is -0.398 e. The van der Waals surface area contributed by atoms with Crippen LogP contribution in [0.2, 0.25) is 0 Å². The molecule has 3 rings (SSSR count). The molecule has 0 saturated carbocycles. The highest BCUT2D eigenvalue weighted by Gasteiger charge is 2.33. The van der Waals surface area contributed by atoms with E-state index in [2.05, 4.69) is 0 Å². The fourth-order valence-corrected chi connectivity index (χ4v) is 3.48. The van der Waals surface area contributed by atoms with Gasteiger partial charge in [0.25, 0.3) is 0 Å². The maximum atomic E-state index is 12.9. The van der Waals surface area contributed by atoms with Crippen molar-refractivity contribution in [1.82, 2.24) is 4.90 Å². The van der Waals surface area contributed by atoms with Crippen molar-refractivity contribution < 1.29 is 9.59 Å². The number of nitrogens with zero attached hydrogens (tertiary/aromatic N) is 2. The van der Waals surface area contributed by atoms with Gasteiger partial charge in [-0.1, -0.05) is 6.07 Å². The molecule has 1 fully saturated rings. The standard InChI is InChI=1S/C16H22N4O2/c17-13-6-1-7-14-12(13)5-3-9-20(14)15(21)11-4-2-8-19(10-11)16(18)22/h1,6-7,11H,2-5,8-10,17H2,(H2,18,22). The van der Waals surface area contributed by atoms with Crippen molar-refractivity contribution in [2.24, 2.45) is 11.7 Å². The zero-order valence-electron chi connectivity index (χ0n) is 12.6. The summed E-state index contributed by atoms with van der Waals surface area (Å²) < 4.78 is 0. The number of urea groups is 1. The van der Waals surface area contributed by atoms with Crippen LogP contribution in [-0.4, -0.2) is 36.5 Å². The van der Waals surface area contributed by atoms with Gasteiger partial charge in [-0.15, -0.1) is 0 Å². The van der Waals surface area contributed by atoms with Gasteiger partial charge in [-0.05, 0) is 43.4 Å². The lowest BCUT2D eigenvalue weighted by Crippen LogP contribution is -2.49. The summed E-state index contributed by atoms with van der Waals surface area (Å²) >= 11 is 0. The molecule has 2 heterocycles. The van der Waals surface area contributed by atoms with Gasteiger partial charge in [0.2, 0.25) is 5.91 Å². The molecule has 0 radical (unpaired) electrons. The Balaban J connectivity index is 1.82. The number of anilines is 2. The number of hydrogen-bond donors (Lipinski definition) is 2. The van der Waals surface area contributed by atoms with Crippen LogP contribution in [0.4, 0.5) is 16.2 Å². The van der Waals surface area contributed by atoms with E-state index in [1.807, 2.05) is 23.1 Å². The minimum atomic E-state index is -0.444. The lowest BCUT2D eigenvalue weighted by atomic mass is 9.93. The first-order valence-electron chi connectivity index (χ1n) is 7.81. The first-order valence-corrected chi connectivity index (χ1v) is 7.81. The molecule has 6 nitrogen and oxygen atoms in total. The molecular weight excluding hydrogens is 280 g/mol. The molecule has 1 aromatic rings. The number of fused-ring (bicyclic) bond motifs is 1. The van der Waals surface area contributed by atoms with Gasteiger partial charge in [0.15, 0.2) is 0 Å². The lowest BCUT2D eigenvalue weighted by molar-refractivity contribution is -0.123. The van der Waals surface area contributed by atoms with Gasteiger partial charge in [0.05, 0.1) is 5.92 Å². The van der Waals surface area contributed by atoms with E-state index in [0.717, 1.165) is 42.6 Å². The minimum absolute atomic E-state index is 0.0810. The molecule has 0 bridgehead atoms. The Morgan fingerprint density at radius 1 is 1.18 bits per heavy atom. The molecule has 4 N–H and O–H groups in total. The molecule has 2 aliphatic rings. The molecule has 0 spiro atoms. The zero-order chi connectivity index (χ0) is 15.7. The van der Waals surface area contributed by atoms with Crippen molar-refractivity contribution in [1.29, 1.82) is 0 Å². The predicted octanol–water partition coefficient (Wildman–Crippen LogP) is 1.34. The van der Waals surface area contributed by atoms with Crippen LogP contribution in [0.3, 0.4) is 0 Å². The van der Waals surface area contributed by atoms with Crippen molar-refractivity contribution in [3.05, 3.63) is 23.8 Å². The average molecular weight is 302 g/mol. The highest BCUT2D eigenvalue weighted by molar-refractivity contribution is 5.97. The lowest BCUT2D eigenvalue weighted by Gasteiger charge is -2.36. The van der Waals surface area contributed by atoms with E-state index in [0.29, 0.717) is 19.6 Å². The zero-order valence-corrected chi connectivity index (χ0v) is 12.6. The number of primary amides is 1. The number of amides is 3. The molecule has 1 atom stereocenters. The number of benzene rings is 1. The molecule has 2 aliphatic heterocycles. The Labute approximate surface area is 130 Å². The largest absolute Gasteiger partial charge is 0.398 e.